The van der Waals surface area contributed by atoms with Crippen molar-refractivity contribution in [3.05, 3.63) is 48.5 Å². The van der Waals surface area contributed by atoms with Gasteiger partial charge in [-0.15, -0.1) is 0 Å². The summed E-state index contributed by atoms with van der Waals surface area (Å²) in [7, 11) is 0. The maximum Gasteiger partial charge on any atom is 2.00 e. The molecule has 3 rings (SSSR count). The molecule has 405 valence electrons. The van der Waals surface area contributed by atoms with Crippen LogP contribution in [0.25, 0.3) is 0 Å². The van der Waals surface area contributed by atoms with Crippen molar-refractivity contribution in [2.75, 3.05) is 79.3 Å². The SMILES string of the molecule is [Cu+2].[Mo].[Mo].[Mo].[Mo].[Mo].[Mo].[O-2].[O-2].[O-2].[O-2].[O-2].[O-2].[O-2].[O-2].[O-2].[O-2].[O-2].[O-2].[O-2].[O-2].[O-2].[O-2].[O-2].[O-2].[O-2].[OH3+].[OH3+].[OH3+].[OH3+].c1ccc2c(c1)OCCOCCOCCOc1ccccc1OCCOCCOCCO2. The molecule has 0 aliphatic carbocycles. The minimum atomic E-state index is 0. The summed E-state index contributed by atoms with van der Waals surface area (Å²) in [5.74, 6) is 2.73. The van der Waals surface area contributed by atoms with Crippen molar-refractivity contribution < 1.29 is 307 Å². The van der Waals surface area contributed by atoms with Crippen molar-refractivity contribution >= 4 is 0 Å². The van der Waals surface area contributed by atoms with Crippen LogP contribution >= 0.6 is 0 Å². The number of ether oxygens (including phenoxy) is 8. The average Bonchev–Trinajstić information content (AvgIpc) is 2.82. The van der Waals surface area contributed by atoms with Gasteiger partial charge in [0.15, 0.2) is 23.0 Å². The molecule has 62 heavy (non-hydrogen) atoms. The maximum absolute atomic E-state index is 5.78. The summed E-state index contributed by atoms with van der Waals surface area (Å²) in [6, 6.07) is 15.1. The van der Waals surface area contributed by atoms with Gasteiger partial charge in [-0.3, -0.25) is 0 Å². The van der Waals surface area contributed by atoms with Gasteiger partial charge < -0.3 is 164 Å². The Morgan fingerprint density at radius 3 is 0.468 bits per heavy atom. The third-order valence-corrected chi connectivity index (χ3v) is 4.38. The number of fused-ring (bicyclic) bond motifs is 2. The van der Waals surface area contributed by atoms with Crippen molar-refractivity contribution in [3.8, 4) is 23.0 Å². The van der Waals surface area contributed by atoms with Crippen molar-refractivity contribution in [2.24, 2.45) is 0 Å². The zero-order valence-corrected chi connectivity index (χ0v) is 44.2. The van der Waals surface area contributed by atoms with Crippen LogP contribution in [0.2, 0.25) is 0 Å². The van der Waals surface area contributed by atoms with Crippen LogP contribution in [0.3, 0.4) is 0 Å². The number of para-hydroxylation sites is 4. The van der Waals surface area contributed by atoms with Crippen LogP contribution in [0.5, 0.6) is 23.0 Å². The van der Waals surface area contributed by atoms with E-state index in [9.17, 15) is 0 Å². The molecule has 38 heteroatoms. The zero-order valence-electron chi connectivity index (χ0n) is 31.2. The molecule has 1 aliphatic heterocycles. The second-order valence-corrected chi connectivity index (χ2v) is 6.74. The molecular weight excluding hydrogens is 1420 g/mol. The Morgan fingerprint density at radius 1 is 0.226 bits per heavy atom. The molecule has 2 aromatic carbocycles. The van der Waals surface area contributed by atoms with Gasteiger partial charge in [-0.05, 0) is 24.3 Å². The van der Waals surface area contributed by atoms with Crippen LogP contribution in [0.1, 0.15) is 0 Å². The normalized spacial score (nSPS) is 9.42. The predicted octanol–water partition coefficient (Wildman–Crippen LogP) is -2.98. The summed E-state index contributed by atoms with van der Waals surface area (Å²) in [4.78, 5) is 0. The molecule has 1 radical (unpaired) electrons. The molecule has 2 aromatic rings. The molecule has 0 saturated heterocycles. The quantitative estimate of drug-likeness (QED) is 0.193. The summed E-state index contributed by atoms with van der Waals surface area (Å²) >= 11 is 0. The molecular formula is C24H44CuMo6O31-32. The molecule has 0 amide bonds. The minimum absolute atomic E-state index is 0. The van der Waals surface area contributed by atoms with E-state index < -0.39 is 0 Å². The van der Waals surface area contributed by atoms with Gasteiger partial charge in [0.1, 0.15) is 26.4 Å². The van der Waals surface area contributed by atoms with E-state index in [2.05, 4.69) is 0 Å². The van der Waals surface area contributed by atoms with E-state index in [1.54, 1.807) is 0 Å². The fraction of sp³-hybridized carbons (Fsp3) is 0.500. The van der Waals surface area contributed by atoms with Crippen LogP contribution in [-0.2, 0) is 288 Å². The van der Waals surface area contributed by atoms with E-state index in [1.807, 2.05) is 48.5 Å². The van der Waals surface area contributed by atoms with Crippen LogP contribution in [0.15, 0.2) is 48.5 Å². The van der Waals surface area contributed by atoms with Crippen molar-refractivity contribution in [2.45, 2.75) is 0 Å². The number of hydrogen-bond donors (Lipinski definition) is 0. The van der Waals surface area contributed by atoms with Gasteiger partial charge in [0.25, 0.3) is 0 Å². The molecule has 0 fully saturated rings. The standard InChI is InChI=1S/C24H32O8.Cu.6Mo.4H2O.19O/c1-2-6-22-21(5-1)29-17-13-25-9-10-27-15-19-31-23-7-3-4-8-24(23)32-20-16-28-12-11-26-14-18-30-22;;;;;;;;;;;;;;;;;;;;;;;;;;;;;;/h1-8H,9-20H2;;;;;;;;4*1H2;;;;;;;;;;;;;;;;;;;/q;+2;;;;;;;;;;;19*-2/p+4. The van der Waals surface area contributed by atoms with E-state index >= 15 is 0 Å². The first kappa shape index (κ1) is 197. The summed E-state index contributed by atoms with van der Waals surface area (Å²) < 4.78 is 45.3. The summed E-state index contributed by atoms with van der Waals surface area (Å²) in [6.45, 7) is 5.48. The second kappa shape index (κ2) is 137. The fourth-order valence-electron chi connectivity index (χ4n) is 2.86. The van der Waals surface area contributed by atoms with Crippen LogP contribution in [-0.4, -0.2) is 79.3 Å². The van der Waals surface area contributed by atoms with E-state index in [0.29, 0.717) is 102 Å². The monoisotopic (exact) mass is 1480 g/mol. The first-order valence-corrected chi connectivity index (χ1v) is 10.9. The first-order valence-electron chi connectivity index (χ1n) is 10.9. The van der Waals surface area contributed by atoms with Gasteiger partial charge in [-0.2, -0.15) is 0 Å². The Balaban J connectivity index is -0.0000000148. The van der Waals surface area contributed by atoms with Gasteiger partial charge in [0.2, 0.25) is 0 Å². The van der Waals surface area contributed by atoms with Crippen molar-refractivity contribution in [1.29, 1.82) is 0 Å². The molecule has 0 spiro atoms. The molecule has 0 bridgehead atoms. The Labute approximate surface area is 454 Å². The third kappa shape index (κ3) is 91.6. The van der Waals surface area contributed by atoms with Gasteiger partial charge >= 0.3 is 17.1 Å². The van der Waals surface area contributed by atoms with Crippen LogP contribution < -0.4 is 18.9 Å². The van der Waals surface area contributed by atoms with Crippen LogP contribution in [0.4, 0.5) is 0 Å². The maximum atomic E-state index is 5.78. The molecule has 0 atom stereocenters. The van der Waals surface area contributed by atoms with Gasteiger partial charge in [-0.1, -0.05) is 24.3 Å². The topological polar surface area (TPSA) is 747 Å². The van der Waals surface area contributed by atoms with E-state index in [4.69, 9.17) is 37.9 Å². The molecule has 12 N–H and O–H groups in total. The van der Waals surface area contributed by atoms with E-state index in [0.717, 1.165) is 0 Å². The smallest absolute Gasteiger partial charge is 2.00 e. The van der Waals surface area contributed by atoms with Crippen molar-refractivity contribution in [1.82, 2.24) is 0 Å². The largest absolute Gasteiger partial charge is 2.00 e. The Kier molecular flexibility index (Phi) is 437. The van der Waals surface area contributed by atoms with Crippen molar-refractivity contribution in [3.63, 3.8) is 0 Å². The molecule has 0 saturated carbocycles. The Bertz CT molecular complexity index is 693. The summed E-state index contributed by atoms with van der Waals surface area (Å²) in [5.41, 5.74) is 0. The average molecular weight is 1470 g/mol. The van der Waals surface area contributed by atoms with E-state index in [1.165, 1.54) is 0 Å². The Morgan fingerprint density at radius 2 is 0.339 bits per heavy atom. The van der Waals surface area contributed by atoms with E-state index in [-0.39, 0.29) is 269 Å². The van der Waals surface area contributed by atoms with Gasteiger partial charge in [0, 0.05) is 126 Å². The zero-order chi connectivity index (χ0) is 22.1. The number of benzene rings is 2. The molecule has 1 heterocycles. The number of hydrogen-bond acceptors (Lipinski definition) is 8. The van der Waals surface area contributed by atoms with Crippen LogP contribution in [0, 0.1) is 0 Å². The second-order valence-electron chi connectivity index (χ2n) is 6.74. The molecule has 31 nitrogen and oxygen atoms in total. The summed E-state index contributed by atoms with van der Waals surface area (Å²) in [5, 5.41) is 0. The number of rotatable bonds is 0. The van der Waals surface area contributed by atoms with Gasteiger partial charge in [0.05, 0.1) is 52.9 Å². The molecule has 0 unspecified atom stereocenters. The predicted molar refractivity (Wildman–Crippen MR) is 151 cm³/mol. The first-order chi connectivity index (χ1) is 15.9. The Hall–Kier alpha value is 1.21. The minimum Gasteiger partial charge on any atom is -2.00 e. The molecule has 1 aliphatic rings. The van der Waals surface area contributed by atoms with Gasteiger partial charge in [-0.25, -0.2) is 0 Å². The fourth-order valence-corrected chi connectivity index (χ4v) is 2.86. The summed E-state index contributed by atoms with van der Waals surface area (Å²) in [6.07, 6.45) is 0. The third-order valence-electron chi connectivity index (χ3n) is 4.38. The molecule has 0 aromatic heterocycles.